The molecule has 0 bridgehead atoms. The molecule has 2 N–H and O–H groups in total. The molecule has 4 heteroatoms. The van der Waals surface area contributed by atoms with E-state index in [1.54, 1.807) is 0 Å². The van der Waals surface area contributed by atoms with Gasteiger partial charge in [0.05, 0.1) is 11.4 Å². The minimum absolute atomic E-state index is 0.637. The van der Waals surface area contributed by atoms with Crippen molar-refractivity contribution in [3.8, 4) is 0 Å². The molecular formula is C17H28N4. The van der Waals surface area contributed by atoms with Gasteiger partial charge in [-0.15, -0.1) is 0 Å². The van der Waals surface area contributed by atoms with E-state index in [1.165, 1.54) is 51.5 Å². The Kier molecular flexibility index (Phi) is 5.20. The number of rotatable bonds is 4. The van der Waals surface area contributed by atoms with Gasteiger partial charge in [0.15, 0.2) is 0 Å². The first-order valence-electron chi connectivity index (χ1n) is 8.57. The molecule has 0 aromatic carbocycles. The highest BCUT2D eigenvalue weighted by molar-refractivity contribution is 5.01. The molecule has 0 radical (unpaired) electrons. The van der Waals surface area contributed by atoms with Gasteiger partial charge in [-0.1, -0.05) is 19.3 Å². The van der Waals surface area contributed by atoms with E-state index in [9.17, 15) is 0 Å². The molecule has 3 unspecified atom stereocenters. The highest BCUT2D eigenvalue weighted by atomic mass is 15.0. The standard InChI is InChI=1S/C17H28N4/c1-13-10-20-14(11-19-13)12-21-17-7-3-2-6-15(17)16-8-4-5-9-18-16/h10-11,15-18,21H,2-9,12H2,1H3. The van der Waals surface area contributed by atoms with E-state index in [-0.39, 0.29) is 0 Å². The molecule has 2 aliphatic rings. The maximum absolute atomic E-state index is 4.46. The van der Waals surface area contributed by atoms with E-state index in [2.05, 4.69) is 20.6 Å². The van der Waals surface area contributed by atoms with Crippen LogP contribution in [0.5, 0.6) is 0 Å². The summed E-state index contributed by atoms with van der Waals surface area (Å²) in [5, 5.41) is 7.52. The molecule has 0 spiro atoms. The van der Waals surface area contributed by atoms with Gasteiger partial charge in [-0.25, -0.2) is 0 Å². The molecule has 1 saturated heterocycles. The quantitative estimate of drug-likeness (QED) is 0.894. The highest BCUT2D eigenvalue weighted by Crippen LogP contribution is 2.30. The smallest absolute Gasteiger partial charge is 0.0724 e. The van der Waals surface area contributed by atoms with E-state index >= 15 is 0 Å². The van der Waals surface area contributed by atoms with Gasteiger partial charge in [-0.3, -0.25) is 9.97 Å². The zero-order valence-corrected chi connectivity index (χ0v) is 13.1. The second kappa shape index (κ2) is 7.32. The normalized spacial score (nSPS) is 30.2. The summed E-state index contributed by atoms with van der Waals surface area (Å²) in [7, 11) is 0. The second-order valence-electron chi connectivity index (χ2n) is 6.64. The zero-order valence-electron chi connectivity index (χ0n) is 13.1. The lowest BCUT2D eigenvalue weighted by molar-refractivity contribution is 0.181. The van der Waals surface area contributed by atoms with E-state index in [1.807, 2.05) is 19.3 Å². The first-order valence-corrected chi connectivity index (χ1v) is 8.57. The van der Waals surface area contributed by atoms with Gasteiger partial charge in [0.1, 0.15) is 0 Å². The number of aryl methyl sites for hydroxylation is 1. The number of piperidine rings is 1. The lowest BCUT2D eigenvalue weighted by atomic mass is 9.77. The highest BCUT2D eigenvalue weighted by Gasteiger charge is 2.32. The third-order valence-corrected chi connectivity index (χ3v) is 5.06. The van der Waals surface area contributed by atoms with Crippen molar-refractivity contribution in [1.82, 2.24) is 20.6 Å². The number of nitrogens with zero attached hydrogens (tertiary/aromatic N) is 2. The molecule has 2 fully saturated rings. The van der Waals surface area contributed by atoms with Crippen LogP contribution in [0.1, 0.15) is 56.3 Å². The average Bonchev–Trinajstić information content (AvgIpc) is 2.55. The molecule has 3 rings (SSSR count). The van der Waals surface area contributed by atoms with E-state index in [0.717, 1.165) is 29.9 Å². The Hall–Kier alpha value is -1.00. The molecule has 116 valence electrons. The summed E-state index contributed by atoms with van der Waals surface area (Å²) in [6.07, 6.45) is 13.3. The minimum Gasteiger partial charge on any atom is -0.314 e. The summed E-state index contributed by atoms with van der Waals surface area (Å²) in [6.45, 7) is 4.04. The summed E-state index contributed by atoms with van der Waals surface area (Å²) in [6, 6.07) is 1.36. The fourth-order valence-corrected chi connectivity index (χ4v) is 3.89. The summed E-state index contributed by atoms with van der Waals surface area (Å²) < 4.78 is 0. The van der Waals surface area contributed by atoms with Crippen LogP contribution in [0.3, 0.4) is 0 Å². The van der Waals surface area contributed by atoms with Gasteiger partial charge in [0.25, 0.3) is 0 Å². The molecule has 1 aromatic heterocycles. The Balaban J connectivity index is 1.57. The molecule has 21 heavy (non-hydrogen) atoms. The van der Waals surface area contributed by atoms with Crippen molar-refractivity contribution in [1.29, 1.82) is 0 Å². The van der Waals surface area contributed by atoms with Crippen LogP contribution in [-0.4, -0.2) is 28.6 Å². The van der Waals surface area contributed by atoms with Gasteiger partial charge in [-0.2, -0.15) is 0 Å². The van der Waals surface area contributed by atoms with Crippen molar-refractivity contribution >= 4 is 0 Å². The van der Waals surface area contributed by atoms with Crippen LogP contribution in [0.15, 0.2) is 12.4 Å². The SMILES string of the molecule is Cc1cnc(CNC2CCCCC2C2CCCCN2)cn1. The molecule has 1 saturated carbocycles. The van der Waals surface area contributed by atoms with Crippen molar-refractivity contribution in [2.45, 2.75) is 70.5 Å². The zero-order chi connectivity index (χ0) is 14.5. The first-order chi connectivity index (χ1) is 10.3. The molecule has 1 aliphatic heterocycles. The molecular weight excluding hydrogens is 260 g/mol. The predicted molar refractivity (Wildman–Crippen MR) is 85.0 cm³/mol. The Morgan fingerprint density at radius 1 is 1.10 bits per heavy atom. The molecule has 3 atom stereocenters. The fourth-order valence-electron chi connectivity index (χ4n) is 3.89. The van der Waals surface area contributed by atoms with Crippen molar-refractivity contribution < 1.29 is 0 Å². The Labute approximate surface area is 128 Å². The first kappa shape index (κ1) is 14.9. The third kappa shape index (κ3) is 4.01. The Morgan fingerprint density at radius 2 is 1.95 bits per heavy atom. The lowest BCUT2D eigenvalue weighted by Gasteiger charge is -2.40. The molecule has 4 nitrogen and oxygen atoms in total. The van der Waals surface area contributed by atoms with Gasteiger partial charge in [-0.05, 0) is 45.1 Å². The third-order valence-electron chi connectivity index (χ3n) is 5.06. The topological polar surface area (TPSA) is 49.8 Å². The van der Waals surface area contributed by atoms with Crippen LogP contribution in [0.25, 0.3) is 0 Å². The number of hydrogen-bond acceptors (Lipinski definition) is 4. The van der Waals surface area contributed by atoms with Gasteiger partial charge >= 0.3 is 0 Å². The van der Waals surface area contributed by atoms with Crippen molar-refractivity contribution in [2.24, 2.45) is 5.92 Å². The molecule has 1 aromatic rings. The van der Waals surface area contributed by atoms with Crippen LogP contribution in [0.2, 0.25) is 0 Å². The molecule has 0 amide bonds. The van der Waals surface area contributed by atoms with Gasteiger partial charge in [0.2, 0.25) is 0 Å². The van der Waals surface area contributed by atoms with Crippen LogP contribution in [0, 0.1) is 12.8 Å². The van der Waals surface area contributed by atoms with Crippen LogP contribution >= 0.6 is 0 Å². The molecule has 2 heterocycles. The number of aromatic nitrogens is 2. The largest absolute Gasteiger partial charge is 0.314 e. The van der Waals surface area contributed by atoms with Crippen molar-refractivity contribution in [3.05, 3.63) is 23.8 Å². The van der Waals surface area contributed by atoms with Gasteiger partial charge < -0.3 is 10.6 Å². The second-order valence-corrected chi connectivity index (χ2v) is 6.64. The molecule has 1 aliphatic carbocycles. The average molecular weight is 288 g/mol. The lowest BCUT2D eigenvalue weighted by Crippen LogP contribution is -2.50. The minimum atomic E-state index is 0.637. The monoisotopic (exact) mass is 288 g/mol. The van der Waals surface area contributed by atoms with Gasteiger partial charge in [0, 0.05) is 31.0 Å². The Morgan fingerprint density at radius 3 is 2.71 bits per heavy atom. The maximum atomic E-state index is 4.46. The van der Waals surface area contributed by atoms with Crippen molar-refractivity contribution in [2.75, 3.05) is 6.54 Å². The van der Waals surface area contributed by atoms with E-state index in [0.29, 0.717) is 6.04 Å². The summed E-state index contributed by atoms with van der Waals surface area (Å²) in [5.74, 6) is 0.789. The summed E-state index contributed by atoms with van der Waals surface area (Å²) >= 11 is 0. The van der Waals surface area contributed by atoms with Crippen molar-refractivity contribution in [3.63, 3.8) is 0 Å². The predicted octanol–water partition coefficient (Wildman–Crippen LogP) is 2.58. The van der Waals surface area contributed by atoms with Crippen LogP contribution in [-0.2, 0) is 6.54 Å². The fraction of sp³-hybridized carbons (Fsp3) is 0.765. The van der Waals surface area contributed by atoms with Crippen LogP contribution < -0.4 is 10.6 Å². The maximum Gasteiger partial charge on any atom is 0.0724 e. The number of hydrogen-bond donors (Lipinski definition) is 2. The summed E-state index contributed by atoms with van der Waals surface area (Å²) in [5.41, 5.74) is 2.04. The van der Waals surface area contributed by atoms with E-state index in [4.69, 9.17) is 0 Å². The summed E-state index contributed by atoms with van der Waals surface area (Å²) in [4.78, 5) is 8.80. The van der Waals surface area contributed by atoms with Crippen LogP contribution in [0.4, 0.5) is 0 Å². The van der Waals surface area contributed by atoms with E-state index < -0.39 is 0 Å². The number of nitrogens with one attached hydrogen (secondary N) is 2. The Bertz CT molecular complexity index is 425.